The van der Waals surface area contributed by atoms with Gasteiger partial charge >= 0.3 is 0 Å². The smallest absolute Gasteiger partial charge is 0.255 e. The molecule has 0 aliphatic heterocycles. The highest BCUT2D eigenvalue weighted by Crippen LogP contribution is 2.16. The van der Waals surface area contributed by atoms with Crippen molar-refractivity contribution in [3.05, 3.63) is 59.7 Å². The van der Waals surface area contributed by atoms with Gasteiger partial charge in [0.2, 0.25) is 0 Å². The summed E-state index contributed by atoms with van der Waals surface area (Å²) in [5.74, 6) is 0.272. The van der Waals surface area contributed by atoms with Crippen LogP contribution >= 0.6 is 0 Å². The van der Waals surface area contributed by atoms with Crippen molar-refractivity contribution < 1.29 is 19.1 Å². The number of unbranched alkanes of at least 4 members (excludes halogenated alkanes) is 1. The highest BCUT2D eigenvalue weighted by molar-refractivity contribution is 6.04. The minimum Gasteiger partial charge on any atom is -0.494 e. The molecule has 0 fully saturated rings. The van der Waals surface area contributed by atoms with Crippen LogP contribution < -0.4 is 15.4 Å². The van der Waals surface area contributed by atoms with Crippen LogP contribution in [0.4, 0.5) is 5.69 Å². The van der Waals surface area contributed by atoms with E-state index < -0.39 is 0 Å². The average Bonchev–Trinajstić information content (AvgIpc) is 2.69. The number of ether oxygens (including phenoxy) is 2. The second kappa shape index (κ2) is 11.0. The first kappa shape index (κ1) is 20.5. The molecular formula is C21H26N2O4. The van der Waals surface area contributed by atoms with Gasteiger partial charge in [-0.2, -0.15) is 0 Å². The van der Waals surface area contributed by atoms with Gasteiger partial charge in [0.15, 0.2) is 0 Å². The van der Waals surface area contributed by atoms with Crippen molar-refractivity contribution in [1.82, 2.24) is 5.32 Å². The van der Waals surface area contributed by atoms with E-state index in [-0.39, 0.29) is 11.8 Å². The third kappa shape index (κ3) is 6.75. The first-order valence-electron chi connectivity index (χ1n) is 9.05. The van der Waals surface area contributed by atoms with E-state index in [2.05, 4.69) is 17.6 Å². The van der Waals surface area contributed by atoms with E-state index in [0.29, 0.717) is 42.3 Å². The number of rotatable bonds is 10. The number of methoxy groups -OCH3 is 1. The van der Waals surface area contributed by atoms with Gasteiger partial charge in [0.25, 0.3) is 11.8 Å². The molecule has 0 heterocycles. The predicted molar refractivity (Wildman–Crippen MR) is 105 cm³/mol. The molecular weight excluding hydrogens is 344 g/mol. The van der Waals surface area contributed by atoms with Crippen LogP contribution in [0.15, 0.2) is 48.5 Å². The van der Waals surface area contributed by atoms with Gasteiger partial charge in [-0.15, -0.1) is 0 Å². The van der Waals surface area contributed by atoms with Crippen molar-refractivity contribution in [3.8, 4) is 5.75 Å². The fourth-order valence-electron chi connectivity index (χ4n) is 2.34. The normalized spacial score (nSPS) is 10.3. The largest absolute Gasteiger partial charge is 0.494 e. The zero-order valence-electron chi connectivity index (χ0n) is 15.8. The van der Waals surface area contributed by atoms with Crippen LogP contribution in [0.3, 0.4) is 0 Å². The highest BCUT2D eigenvalue weighted by Gasteiger charge is 2.09. The minimum absolute atomic E-state index is 0.179. The molecule has 144 valence electrons. The van der Waals surface area contributed by atoms with E-state index in [4.69, 9.17) is 9.47 Å². The summed E-state index contributed by atoms with van der Waals surface area (Å²) < 4.78 is 10.5. The quantitative estimate of drug-likeness (QED) is 0.628. The van der Waals surface area contributed by atoms with Crippen LogP contribution in [0, 0.1) is 0 Å². The Labute approximate surface area is 159 Å². The summed E-state index contributed by atoms with van der Waals surface area (Å²) in [5.41, 5.74) is 1.66. The second-order valence-electron chi connectivity index (χ2n) is 6.01. The summed E-state index contributed by atoms with van der Waals surface area (Å²) in [6, 6.07) is 13.8. The monoisotopic (exact) mass is 370 g/mol. The number of hydrogen-bond donors (Lipinski definition) is 2. The Kier molecular flexibility index (Phi) is 8.32. The van der Waals surface area contributed by atoms with Crippen LogP contribution in [0.1, 0.15) is 40.5 Å². The molecule has 2 amide bonds. The zero-order chi connectivity index (χ0) is 19.5. The van der Waals surface area contributed by atoms with Crippen molar-refractivity contribution >= 4 is 17.5 Å². The molecule has 6 heteroatoms. The van der Waals surface area contributed by atoms with Crippen LogP contribution in [0.2, 0.25) is 0 Å². The van der Waals surface area contributed by atoms with E-state index in [9.17, 15) is 9.59 Å². The molecule has 0 saturated heterocycles. The first-order chi connectivity index (χ1) is 13.1. The Morgan fingerprint density at radius 2 is 1.74 bits per heavy atom. The Hall–Kier alpha value is -2.86. The molecule has 6 nitrogen and oxygen atoms in total. The topological polar surface area (TPSA) is 76.7 Å². The minimum atomic E-state index is -0.228. The maximum absolute atomic E-state index is 12.4. The van der Waals surface area contributed by atoms with E-state index in [1.54, 1.807) is 49.6 Å². The van der Waals surface area contributed by atoms with Crippen molar-refractivity contribution in [2.24, 2.45) is 0 Å². The Bertz CT molecular complexity index is 744. The molecule has 0 unspecified atom stereocenters. The van der Waals surface area contributed by atoms with Gasteiger partial charge in [-0.05, 0) is 48.9 Å². The molecule has 0 saturated carbocycles. The molecule has 0 aliphatic rings. The van der Waals surface area contributed by atoms with Gasteiger partial charge in [-0.3, -0.25) is 9.59 Å². The van der Waals surface area contributed by atoms with Crippen molar-refractivity contribution in [2.45, 2.75) is 19.8 Å². The summed E-state index contributed by atoms with van der Waals surface area (Å²) in [4.78, 5) is 24.4. The van der Waals surface area contributed by atoms with Crippen molar-refractivity contribution in [2.75, 3.05) is 32.2 Å². The Balaban J connectivity index is 1.93. The van der Waals surface area contributed by atoms with Crippen LogP contribution in [-0.2, 0) is 4.74 Å². The van der Waals surface area contributed by atoms with Gasteiger partial charge in [0, 0.05) is 30.5 Å². The standard InChI is InChI=1S/C21H26N2O4/c1-3-4-13-27-19-7-5-6-17(15-19)21(25)23-18-10-8-16(9-11-18)20(24)22-12-14-26-2/h5-11,15H,3-4,12-14H2,1-2H3,(H,22,24)(H,23,25). The molecule has 2 aromatic rings. The molecule has 0 aliphatic carbocycles. The third-order valence-corrected chi connectivity index (χ3v) is 3.86. The highest BCUT2D eigenvalue weighted by atomic mass is 16.5. The summed E-state index contributed by atoms with van der Waals surface area (Å²) in [6.07, 6.45) is 2.03. The predicted octanol–water partition coefficient (Wildman–Crippen LogP) is 3.49. The van der Waals surface area contributed by atoms with Crippen LogP contribution in [-0.4, -0.2) is 38.7 Å². The first-order valence-corrected chi connectivity index (χ1v) is 9.05. The zero-order valence-corrected chi connectivity index (χ0v) is 15.8. The van der Waals surface area contributed by atoms with Crippen LogP contribution in [0.5, 0.6) is 5.75 Å². The summed E-state index contributed by atoms with van der Waals surface area (Å²) in [6.45, 7) is 3.64. The van der Waals surface area contributed by atoms with Gasteiger partial charge < -0.3 is 20.1 Å². The molecule has 27 heavy (non-hydrogen) atoms. The lowest BCUT2D eigenvalue weighted by Crippen LogP contribution is -2.26. The van der Waals surface area contributed by atoms with Crippen molar-refractivity contribution in [3.63, 3.8) is 0 Å². The van der Waals surface area contributed by atoms with Gasteiger partial charge in [0.1, 0.15) is 5.75 Å². The van der Waals surface area contributed by atoms with Gasteiger partial charge in [0.05, 0.1) is 13.2 Å². The number of carbonyl (C=O) groups excluding carboxylic acids is 2. The van der Waals surface area contributed by atoms with E-state index in [0.717, 1.165) is 12.8 Å². The Morgan fingerprint density at radius 1 is 0.963 bits per heavy atom. The molecule has 0 spiro atoms. The lowest BCUT2D eigenvalue weighted by molar-refractivity contribution is 0.0936. The molecule has 0 radical (unpaired) electrons. The number of carbonyl (C=O) groups is 2. The number of anilines is 1. The lowest BCUT2D eigenvalue weighted by Gasteiger charge is -2.09. The maximum Gasteiger partial charge on any atom is 0.255 e. The molecule has 0 atom stereocenters. The fraction of sp³-hybridized carbons (Fsp3) is 0.333. The summed E-state index contributed by atoms with van der Waals surface area (Å²) >= 11 is 0. The number of amides is 2. The number of hydrogen-bond acceptors (Lipinski definition) is 4. The third-order valence-electron chi connectivity index (χ3n) is 3.86. The van der Waals surface area contributed by atoms with Crippen molar-refractivity contribution in [1.29, 1.82) is 0 Å². The number of nitrogens with one attached hydrogen (secondary N) is 2. The van der Waals surface area contributed by atoms with Crippen LogP contribution in [0.25, 0.3) is 0 Å². The molecule has 0 bridgehead atoms. The second-order valence-corrected chi connectivity index (χ2v) is 6.01. The van der Waals surface area contributed by atoms with E-state index >= 15 is 0 Å². The van der Waals surface area contributed by atoms with Gasteiger partial charge in [-0.25, -0.2) is 0 Å². The summed E-state index contributed by atoms with van der Waals surface area (Å²) in [5, 5.41) is 5.57. The number of benzene rings is 2. The SMILES string of the molecule is CCCCOc1cccc(C(=O)Nc2ccc(C(=O)NCCOC)cc2)c1. The van der Waals surface area contributed by atoms with Gasteiger partial charge in [-0.1, -0.05) is 19.4 Å². The molecule has 0 aromatic heterocycles. The van der Waals surface area contributed by atoms with E-state index in [1.807, 2.05) is 6.07 Å². The Morgan fingerprint density at radius 3 is 2.44 bits per heavy atom. The summed E-state index contributed by atoms with van der Waals surface area (Å²) in [7, 11) is 1.58. The maximum atomic E-state index is 12.4. The molecule has 2 rings (SSSR count). The molecule has 2 N–H and O–H groups in total. The fourth-order valence-corrected chi connectivity index (χ4v) is 2.34. The molecule has 2 aromatic carbocycles. The lowest BCUT2D eigenvalue weighted by atomic mass is 10.1. The van der Waals surface area contributed by atoms with E-state index in [1.165, 1.54) is 0 Å². The average molecular weight is 370 g/mol.